The van der Waals surface area contributed by atoms with Crippen molar-refractivity contribution in [2.45, 2.75) is 25.8 Å². The van der Waals surface area contributed by atoms with Crippen LogP contribution in [0, 0.1) is 5.92 Å². The summed E-state index contributed by atoms with van der Waals surface area (Å²) in [4.78, 5) is 15.0. The van der Waals surface area contributed by atoms with Crippen molar-refractivity contribution in [3.63, 3.8) is 0 Å². The van der Waals surface area contributed by atoms with Crippen LogP contribution in [-0.4, -0.2) is 29.9 Å². The van der Waals surface area contributed by atoms with Gasteiger partial charge in [-0.2, -0.15) is 0 Å². The molecule has 0 radical (unpaired) electrons. The van der Waals surface area contributed by atoms with Gasteiger partial charge in [0.05, 0.1) is 0 Å². The van der Waals surface area contributed by atoms with Gasteiger partial charge in [-0.1, -0.05) is 48.5 Å². The van der Waals surface area contributed by atoms with Crippen molar-refractivity contribution >= 4 is 5.91 Å². The Morgan fingerprint density at radius 3 is 2.57 bits per heavy atom. The van der Waals surface area contributed by atoms with Crippen LogP contribution in [0.4, 0.5) is 0 Å². The number of carbonyl (C=O) groups excluding carboxylic acids is 1. The topological polar surface area (TPSA) is 46.3 Å². The Labute approximate surface area is 138 Å². The Morgan fingerprint density at radius 2 is 1.83 bits per heavy atom. The molecule has 0 aliphatic carbocycles. The van der Waals surface area contributed by atoms with Crippen molar-refractivity contribution < 1.29 is 4.79 Å². The summed E-state index contributed by atoms with van der Waals surface area (Å²) in [7, 11) is 0. The molecule has 2 atom stereocenters. The fourth-order valence-electron chi connectivity index (χ4n) is 3.33. The Hall–Kier alpha value is -2.13. The van der Waals surface area contributed by atoms with E-state index in [0.29, 0.717) is 5.92 Å². The van der Waals surface area contributed by atoms with Gasteiger partial charge in [0.25, 0.3) is 5.91 Å². The molecule has 0 spiro atoms. The van der Waals surface area contributed by atoms with Gasteiger partial charge in [-0.3, -0.25) is 4.79 Å². The molecule has 3 heteroatoms. The molecule has 0 bridgehead atoms. The minimum absolute atomic E-state index is 0.120. The summed E-state index contributed by atoms with van der Waals surface area (Å²) in [5, 5.41) is 0. The second-order valence-corrected chi connectivity index (χ2v) is 6.42. The van der Waals surface area contributed by atoms with Crippen LogP contribution in [0.25, 0.3) is 11.1 Å². The highest BCUT2D eigenvalue weighted by atomic mass is 16.2. The maximum atomic E-state index is 13.0. The van der Waals surface area contributed by atoms with E-state index >= 15 is 0 Å². The number of hydrogen-bond donors (Lipinski definition) is 1. The van der Waals surface area contributed by atoms with Crippen molar-refractivity contribution in [3.05, 3.63) is 60.2 Å². The Bertz CT molecular complexity index is 666. The third-order valence-electron chi connectivity index (χ3n) is 4.73. The van der Waals surface area contributed by atoms with E-state index in [1.807, 2.05) is 66.4 Å². The summed E-state index contributed by atoms with van der Waals surface area (Å²) in [5.74, 6) is 0.520. The SMILES string of the molecule is C[C@H](N)[C@H]1CCCN(C(=O)c2ccccc2-c2ccccc2)C1. The third-order valence-corrected chi connectivity index (χ3v) is 4.73. The molecule has 3 nitrogen and oxygen atoms in total. The van der Waals surface area contributed by atoms with E-state index in [0.717, 1.165) is 42.6 Å². The Balaban J connectivity index is 1.88. The molecule has 2 aromatic rings. The van der Waals surface area contributed by atoms with Gasteiger partial charge in [-0.15, -0.1) is 0 Å². The quantitative estimate of drug-likeness (QED) is 0.942. The number of amides is 1. The minimum atomic E-state index is 0.120. The fraction of sp³-hybridized carbons (Fsp3) is 0.350. The number of benzene rings is 2. The average Bonchev–Trinajstić information content (AvgIpc) is 2.62. The molecule has 2 aromatic carbocycles. The molecule has 1 amide bonds. The number of hydrogen-bond acceptors (Lipinski definition) is 2. The van der Waals surface area contributed by atoms with E-state index in [2.05, 4.69) is 0 Å². The van der Waals surface area contributed by atoms with Crippen LogP contribution in [0.1, 0.15) is 30.1 Å². The summed E-state index contributed by atoms with van der Waals surface area (Å²) in [5.41, 5.74) is 8.91. The lowest BCUT2D eigenvalue weighted by Gasteiger charge is -2.35. The maximum Gasteiger partial charge on any atom is 0.254 e. The molecule has 120 valence electrons. The molecule has 3 rings (SSSR count). The number of rotatable bonds is 3. The molecule has 1 heterocycles. The first-order chi connectivity index (χ1) is 11.2. The third kappa shape index (κ3) is 3.45. The summed E-state index contributed by atoms with van der Waals surface area (Å²) in [6.45, 7) is 3.63. The highest BCUT2D eigenvalue weighted by Crippen LogP contribution is 2.27. The summed E-state index contributed by atoms with van der Waals surface area (Å²) < 4.78 is 0. The van der Waals surface area contributed by atoms with Gasteiger partial charge < -0.3 is 10.6 Å². The minimum Gasteiger partial charge on any atom is -0.338 e. The first-order valence-electron chi connectivity index (χ1n) is 8.36. The van der Waals surface area contributed by atoms with Gasteiger partial charge in [0.1, 0.15) is 0 Å². The molecule has 1 aliphatic rings. The van der Waals surface area contributed by atoms with Gasteiger partial charge in [-0.25, -0.2) is 0 Å². The average molecular weight is 308 g/mol. The smallest absolute Gasteiger partial charge is 0.254 e. The van der Waals surface area contributed by atoms with E-state index < -0.39 is 0 Å². The van der Waals surface area contributed by atoms with E-state index in [4.69, 9.17) is 5.73 Å². The summed E-state index contributed by atoms with van der Waals surface area (Å²) in [6.07, 6.45) is 2.15. The normalized spacial score (nSPS) is 19.4. The molecule has 0 saturated carbocycles. The van der Waals surface area contributed by atoms with Crippen LogP contribution in [-0.2, 0) is 0 Å². The predicted molar refractivity (Wildman–Crippen MR) is 94.2 cm³/mol. The van der Waals surface area contributed by atoms with Gasteiger partial charge in [0.2, 0.25) is 0 Å². The van der Waals surface area contributed by atoms with Crippen LogP contribution in [0.2, 0.25) is 0 Å². The highest BCUT2D eigenvalue weighted by molar-refractivity contribution is 6.00. The van der Waals surface area contributed by atoms with Gasteiger partial charge in [0, 0.05) is 24.7 Å². The maximum absolute atomic E-state index is 13.0. The number of piperidine rings is 1. The zero-order valence-electron chi connectivity index (χ0n) is 13.6. The largest absolute Gasteiger partial charge is 0.338 e. The van der Waals surface area contributed by atoms with Crippen molar-refractivity contribution in [1.82, 2.24) is 4.90 Å². The molecule has 2 N–H and O–H groups in total. The molecular weight excluding hydrogens is 284 g/mol. The zero-order chi connectivity index (χ0) is 16.2. The van der Waals surface area contributed by atoms with Crippen LogP contribution >= 0.6 is 0 Å². The number of nitrogens with two attached hydrogens (primary N) is 1. The predicted octanol–water partition coefficient (Wildman–Crippen LogP) is 3.55. The first-order valence-corrected chi connectivity index (χ1v) is 8.36. The number of likely N-dealkylation sites (tertiary alicyclic amines) is 1. The lowest BCUT2D eigenvalue weighted by atomic mass is 9.91. The number of carbonyl (C=O) groups is 1. The second-order valence-electron chi connectivity index (χ2n) is 6.42. The molecule has 1 aliphatic heterocycles. The van der Waals surface area contributed by atoms with Crippen molar-refractivity contribution in [1.29, 1.82) is 0 Å². The second kappa shape index (κ2) is 6.97. The van der Waals surface area contributed by atoms with E-state index in [1.54, 1.807) is 0 Å². The van der Waals surface area contributed by atoms with E-state index in [9.17, 15) is 4.79 Å². The molecule has 0 aromatic heterocycles. The Kier molecular flexibility index (Phi) is 4.77. The van der Waals surface area contributed by atoms with Crippen LogP contribution in [0.15, 0.2) is 54.6 Å². The highest BCUT2D eigenvalue weighted by Gasteiger charge is 2.27. The number of nitrogens with zero attached hydrogens (tertiary/aromatic N) is 1. The van der Waals surface area contributed by atoms with Crippen molar-refractivity contribution in [2.75, 3.05) is 13.1 Å². The van der Waals surface area contributed by atoms with Gasteiger partial charge in [-0.05, 0) is 42.9 Å². The molecule has 23 heavy (non-hydrogen) atoms. The van der Waals surface area contributed by atoms with Crippen LogP contribution in [0.5, 0.6) is 0 Å². The molecule has 1 saturated heterocycles. The zero-order valence-corrected chi connectivity index (χ0v) is 13.6. The van der Waals surface area contributed by atoms with Gasteiger partial charge in [0.15, 0.2) is 0 Å². The molecular formula is C20H24N2O. The van der Waals surface area contributed by atoms with Crippen LogP contribution in [0.3, 0.4) is 0 Å². The van der Waals surface area contributed by atoms with Crippen LogP contribution < -0.4 is 5.73 Å². The summed E-state index contributed by atoms with van der Waals surface area (Å²) in [6, 6.07) is 18.1. The monoisotopic (exact) mass is 308 g/mol. The standard InChI is InChI=1S/C20H24N2O/c1-15(21)17-10-7-13-22(14-17)20(23)19-12-6-5-11-18(19)16-8-3-2-4-9-16/h2-6,8-9,11-12,15,17H,7,10,13-14,21H2,1H3/t15-,17-/m0/s1. The van der Waals surface area contributed by atoms with E-state index in [1.165, 1.54) is 0 Å². The Morgan fingerprint density at radius 1 is 1.13 bits per heavy atom. The van der Waals surface area contributed by atoms with Crippen molar-refractivity contribution in [2.24, 2.45) is 11.7 Å². The first kappa shape index (κ1) is 15.8. The molecule has 1 fully saturated rings. The summed E-state index contributed by atoms with van der Waals surface area (Å²) >= 11 is 0. The lowest BCUT2D eigenvalue weighted by Crippen LogP contribution is -2.45. The fourth-order valence-corrected chi connectivity index (χ4v) is 3.33. The molecule has 0 unspecified atom stereocenters. The van der Waals surface area contributed by atoms with Crippen molar-refractivity contribution in [3.8, 4) is 11.1 Å². The van der Waals surface area contributed by atoms with E-state index in [-0.39, 0.29) is 11.9 Å². The van der Waals surface area contributed by atoms with Gasteiger partial charge >= 0.3 is 0 Å². The lowest BCUT2D eigenvalue weighted by molar-refractivity contribution is 0.0662.